The Morgan fingerprint density at radius 3 is 2.53 bits per heavy atom. The minimum Gasteiger partial charge on any atom is -0.504 e. The molecule has 0 unspecified atom stereocenters. The second-order valence-electron chi connectivity index (χ2n) is 8.49. The minimum atomic E-state index is -3.98. The van der Waals surface area contributed by atoms with E-state index in [2.05, 4.69) is 15.0 Å². The van der Waals surface area contributed by atoms with Gasteiger partial charge in [0.05, 0.1) is 26.0 Å². The van der Waals surface area contributed by atoms with Crippen molar-refractivity contribution in [1.82, 2.24) is 14.8 Å². The number of anilines is 1. The van der Waals surface area contributed by atoms with Crippen LogP contribution in [0.15, 0.2) is 35.3 Å². The van der Waals surface area contributed by atoms with Crippen LogP contribution in [0.5, 0.6) is 17.4 Å². The maximum Gasteiger partial charge on any atom is 0.325 e. The molecule has 4 N–H and O–H groups in total. The van der Waals surface area contributed by atoms with Crippen molar-refractivity contribution in [3.8, 4) is 17.4 Å². The average Bonchev–Trinajstić information content (AvgIpc) is 2.81. The van der Waals surface area contributed by atoms with Gasteiger partial charge in [-0.15, -0.1) is 0 Å². The molecule has 11 nitrogen and oxygen atoms in total. The van der Waals surface area contributed by atoms with Crippen molar-refractivity contribution in [2.45, 2.75) is 25.8 Å². The fourth-order valence-electron chi connectivity index (χ4n) is 4.22. The number of rotatable bonds is 7. The van der Waals surface area contributed by atoms with E-state index in [-0.39, 0.29) is 36.0 Å². The van der Waals surface area contributed by atoms with E-state index in [4.69, 9.17) is 14.5 Å². The highest BCUT2D eigenvalue weighted by Crippen LogP contribution is 2.38. The predicted molar refractivity (Wildman–Crippen MR) is 126 cm³/mol. The Kier molecular flexibility index (Phi) is 6.79. The standard InChI is InChI=1S/C22H27N4O7P/c1-33-21-20-16(12-23-26(22(20)29)13-15-2-3-17(27)18(28)10-15)11-19(24-21)25-7-4-14(5-8-25)6-9-34(30,31)32/h2-3,10-12,14,27-28H,4-9,13H2,1H3,(H2,30,31,32). The van der Waals surface area contributed by atoms with Crippen molar-refractivity contribution in [2.24, 2.45) is 5.92 Å². The van der Waals surface area contributed by atoms with E-state index in [1.165, 1.54) is 23.9 Å². The number of methoxy groups -OCH3 is 1. The van der Waals surface area contributed by atoms with Crippen LogP contribution < -0.4 is 15.2 Å². The molecule has 1 aliphatic rings. The molecule has 1 fully saturated rings. The zero-order valence-corrected chi connectivity index (χ0v) is 19.6. The summed E-state index contributed by atoms with van der Waals surface area (Å²) in [7, 11) is -2.54. The quantitative estimate of drug-likeness (QED) is 0.285. The summed E-state index contributed by atoms with van der Waals surface area (Å²) in [5, 5.41) is 24.3. The molecule has 0 atom stereocenters. The largest absolute Gasteiger partial charge is 0.504 e. The molecule has 182 valence electrons. The lowest BCUT2D eigenvalue weighted by Gasteiger charge is -2.33. The van der Waals surface area contributed by atoms with Crippen LogP contribution in [0.1, 0.15) is 24.8 Å². The zero-order chi connectivity index (χ0) is 24.5. The third kappa shape index (κ3) is 5.32. The molecule has 1 saturated heterocycles. The van der Waals surface area contributed by atoms with Crippen molar-refractivity contribution in [2.75, 3.05) is 31.3 Å². The molecule has 12 heteroatoms. The van der Waals surface area contributed by atoms with Crippen molar-refractivity contribution in [3.05, 3.63) is 46.4 Å². The van der Waals surface area contributed by atoms with Crippen molar-refractivity contribution < 1.29 is 29.3 Å². The van der Waals surface area contributed by atoms with Gasteiger partial charge < -0.3 is 29.6 Å². The number of fused-ring (bicyclic) bond motifs is 1. The van der Waals surface area contributed by atoms with Gasteiger partial charge in [-0.3, -0.25) is 9.36 Å². The van der Waals surface area contributed by atoms with Gasteiger partial charge in [0.25, 0.3) is 5.56 Å². The SMILES string of the molecule is COc1nc(N2CCC(CCP(=O)(O)O)CC2)cc2cnn(Cc3ccc(O)c(O)c3)c(=O)c12. The number of hydrogen-bond donors (Lipinski definition) is 4. The van der Waals surface area contributed by atoms with Crippen LogP contribution in [0, 0.1) is 5.92 Å². The van der Waals surface area contributed by atoms with E-state index in [0.29, 0.717) is 41.7 Å². The highest BCUT2D eigenvalue weighted by Gasteiger charge is 2.24. The summed E-state index contributed by atoms with van der Waals surface area (Å²) in [6, 6.07) is 6.10. The predicted octanol–water partition coefficient (Wildman–Crippen LogP) is 2.04. The molecular weight excluding hydrogens is 463 g/mol. The second-order valence-corrected chi connectivity index (χ2v) is 10.3. The van der Waals surface area contributed by atoms with Crippen LogP contribution in [0.4, 0.5) is 5.82 Å². The van der Waals surface area contributed by atoms with Crippen LogP contribution in [0.25, 0.3) is 10.8 Å². The third-order valence-corrected chi connectivity index (χ3v) is 6.96. The van der Waals surface area contributed by atoms with Gasteiger partial charge in [0, 0.05) is 18.5 Å². The van der Waals surface area contributed by atoms with Gasteiger partial charge in [0.2, 0.25) is 5.88 Å². The Hall–Kier alpha value is -3.14. The molecule has 4 rings (SSSR count). The molecular formula is C22H27N4O7P. The molecule has 0 aliphatic carbocycles. The fraction of sp³-hybridized carbons (Fsp3) is 0.409. The molecule has 34 heavy (non-hydrogen) atoms. The summed E-state index contributed by atoms with van der Waals surface area (Å²) in [5.41, 5.74) is 0.200. The number of piperidine rings is 1. The number of phenols is 2. The molecule has 0 saturated carbocycles. The first-order valence-corrected chi connectivity index (χ1v) is 12.7. The number of ether oxygens (including phenoxy) is 1. The summed E-state index contributed by atoms with van der Waals surface area (Å²) in [6.07, 6.45) is 3.55. The number of aromatic nitrogens is 3. The Morgan fingerprint density at radius 2 is 1.88 bits per heavy atom. The lowest BCUT2D eigenvalue weighted by Crippen LogP contribution is -2.34. The van der Waals surface area contributed by atoms with Crippen molar-refractivity contribution in [3.63, 3.8) is 0 Å². The van der Waals surface area contributed by atoms with Gasteiger partial charge >= 0.3 is 7.60 Å². The summed E-state index contributed by atoms with van der Waals surface area (Å²) >= 11 is 0. The maximum absolute atomic E-state index is 13.1. The van der Waals surface area contributed by atoms with Gasteiger partial charge in [0.1, 0.15) is 11.2 Å². The van der Waals surface area contributed by atoms with E-state index < -0.39 is 13.2 Å². The first-order valence-electron chi connectivity index (χ1n) is 10.9. The number of benzene rings is 1. The van der Waals surface area contributed by atoms with Crippen molar-refractivity contribution in [1.29, 1.82) is 0 Å². The number of hydrogen-bond acceptors (Lipinski definition) is 8. The molecule has 0 radical (unpaired) electrons. The summed E-state index contributed by atoms with van der Waals surface area (Å²) < 4.78 is 17.8. The van der Waals surface area contributed by atoms with E-state index in [0.717, 1.165) is 12.8 Å². The highest BCUT2D eigenvalue weighted by atomic mass is 31.2. The van der Waals surface area contributed by atoms with Gasteiger partial charge in [-0.2, -0.15) is 10.1 Å². The smallest absolute Gasteiger partial charge is 0.325 e. The second kappa shape index (κ2) is 9.61. The molecule has 1 aromatic carbocycles. The minimum absolute atomic E-state index is 0.0929. The Balaban J connectivity index is 1.56. The van der Waals surface area contributed by atoms with E-state index in [1.54, 1.807) is 18.3 Å². The number of aromatic hydroxyl groups is 2. The Bertz CT molecular complexity index is 1300. The molecule has 0 spiro atoms. The van der Waals surface area contributed by atoms with Crippen LogP contribution in [-0.4, -0.2) is 61.1 Å². The topological polar surface area (TPSA) is 158 Å². The van der Waals surface area contributed by atoms with Gasteiger partial charge in [0.15, 0.2) is 11.5 Å². The van der Waals surface area contributed by atoms with E-state index in [9.17, 15) is 19.6 Å². The lowest BCUT2D eigenvalue weighted by molar-refractivity contribution is 0.349. The maximum atomic E-state index is 13.1. The molecule has 0 amide bonds. The fourth-order valence-corrected chi connectivity index (χ4v) is 4.92. The summed E-state index contributed by atoms with van der Waals surface area (Å²) in [6.45, 7) is 1.46. The van der Waals surface area contributed by atoms with Crippen LogP contribution in [0.2, 0.25) is 0 Å². The first-order chi connectivity index (χ1) is 16.1. The van der Waals surface area contributed by atoms with Gasteiger partial charge in [-0.25, -0.2) is 4.68 Å². The molecule has 3 heterocycles. The van der Waals surface area contributed by atoms with Gasteiger partial charge in [-0.1, -0.05) is 6.07 Å². The normalized spacial score (nSPS) is 15.1. The van der Waals surface area contributed by atoms with Crippen LogP contribution in [0.3, 0.4) is 0 Å². The molecule has 2 aromatic heterocycles. The lowest BCUT2D eigenvalue weighted by atomic mass is 9.94. The van der Waals surface area contributed by atoms with E-state index >= 15 is 0 Å². The van der Waals surface area contributed by atoms with E-state index in [1.807, 2.05) is 0 Å². The Labute approximate surface area is 195 Å². The zero-order valence-electron chi connectivity index (χ0n) is 18.7. The summed E-state index contributed by atoms with van der Waals surface area (Å²) in [5.74, 6) is 0.568. The molecule has 3 aromatic rings. The Morgan fingerprint density at radius 1 is 1.15 bits per heavy atom. The highest BCUT2D eigenvalue weighted by molar-refractivity contribution is 7.51. The number of nitrogens with zero attached hydrogens (tertiary/aromatic N) is 4. The number of pyridine rings is 1. The van der Waals surface area contributed by atoms with Gasteiger partial charge in [-0.05, 0) is 48.9 Å². The van der Waals surface area contributed by atoms with Crippen LogP contribution >= 0.6 is 7.60 Å². The number of phenolic OH excluding ortho intramolecular Hbond substituents is 2. The average molecular weight is 490 g/mol. The molecule has 1 aliphatic heterocycles. The summed E-state index contributed by atoms with van der Waals surface area (Å²) in [4.78, 5) is 38.0. The monoisotopic (exact) mass is 490 g/mol. The van der Waals surface area contributed by atoms with Crippen LogP contribution in [-0.2, 0) is 11.1 Å². The van der Waals surface area contributed by atoms with Crippen molar-refractivity contribution >= 4 is 24.2 Å². The molecule has 0 bridgehead atoms. The first kappa shape index (κ1) is 24.0. The third-order valence-electron chi connectivity index (χ3n) is 6.12.